The summed E-state index contributed by atoms with van der Waals surface area (Å²) in [5.41, 5.74) is 10.6. The van der Waals surface area contributed by atoms with Gasteiger partial charge in [0, 0.05) is 5.75 Å². The Morgan fingerprint density at radius 2 is 1.57 bits per heavy atom. The third kappa shape index (κ3) is 9.80. The quantitative estimate of drug-likeness (QED) is 0.153. The summed E-state index contributed by atoms with van der Waals surface area (Å²) in [5.74, 6) is -3.67. The number of rotatable bonds is 13. The van der Waals surface area contributed by atoms with E-state index in [0.29, 0.717) is 5.75 Å². The van der Waals surface area contributed by atoms with Gasteiger partial charge < -0.3 is 32.5 Å². The van der Waals surface area contributed by atoms with E-state index in [1.807, 2.05) is 6.26 Å². The third-order valence-electron chi connectivity index (χ3n) is 3.55. The summed E-state index contributed by atoms with van der Waals surface area (Å²) >= 11 is 5.44. The summed E-state index contributed by atoms with van der Waals surface area (Å²) in [6.07, 6.45) is 1.68. The zero-order valence-corrected chi connectivity index (χ0v) is 17.3. The van der Waals surface area contributed by atoms with Gasteiger partial charge in [-0.25, -0.2) is 0 Å². The molecule has 4 atom stereocenters. The Labute approximate surface area is 172 Å². The number of amides is 4. The van der Waals surface area contributed by atoms with E-state index in [0.717, 1.165) is 0 Å². The van der Waals surface area contributed by atoms with E-state index in [1.54, 1.807) is 0 Å². The van der Waals surface area contributed by atoms with Crippen LogP contribution in [0, 0.1) is 0 Å². The summed E-state index contributed by atoms with van der Waals surface area (Å²) < 4.78 is 0. The molecule has 0 aliphatic heterocycles. The lowest BCUT2D eigenvalue weighted by atomic mass is 10.1. The number of nitrogens with two attached hydrogens (primary N) is 2. The Balaban J connectivity index is 5.06. The zero-order chi connectivity index (χ0) is 21.9. The second-order valence-electron chi connectivity index (χ2n) is 5.93. The SMILES string of the molecule is CSCCC(NC(=O)C(N)CC(N)=O)C(=O)NC(CS)C(=O)NC(C)C(=O)O. The second kappa shape index (κ2) is 13.2. The number of hydrogen-bond acceptors (Lipinski definition) is 8. The molecule has 11 nitrogen and oxygen atoms in total. The Bertz CT molecular complexity index is 591. The number of thioether (sulfide) groups is 1. The first-order valence-electron chi connectivity index (χ1n) is 8.31. The number of carbonyl (C=O) groups is 5. The molecule has 13 heteroatoms. The van der Waals surface area contributed by atoms with E-state index in [2.05, 4.69) is 28.6 Å². The van der Waals surface area contributed by atoms with E-state index in [1.165, 1.54) is 18.7 Å². The van der Waals surface area contributed by atoms with Gasteiger partial charge in [-0.15, -0.1) is 0 Å². The van der Waals surface area contributed by atoms with Gasteiger partial charge in [-0.2, -0.15) is 24.4 Å². The number of aliphatic carboxylic acids is 1. The molecule has 0 fully saturated rings. The summed E-state index contributed by atoms with van der Waals surface area (Å²) in [4.78, 5) is 58.4. The Morgan fingerprint density at radius 1 is 1.04 bits per heavy atom. The van der Waals surface area contributed by atoms with Gasteiger partial charge in [0.25, 0.3) is 0 Å². The topological polar surface area (TPSA) is 194 Å². The minimum Gasteiger partial charge on any atom is -0.480 e. The lowest BCUT2D eigenvalue weighted by molar-refractivity contribution is -0.141. The molecule has 0 aliphatic rings. The average Bonchev–Trinajstić information content (AvgIpc) is 2.61. The molecule has 4 unspecified atom stereocenters. The number of nitrogens with one attached hydrogen (secondary N) is 3. The van der Waals surface area contributed by atoms with E-state index >= 15 is 0 Å². The van der Waals surface area contributed by atoms with Gasteiger partial charge in [0.15, 0.2) is 0 Å². The van der Waals surface area contributed by atoms with Crippen molar-refractivity contribution in [1.82, 2.24) is 16.0 Å². The monoisotopic (exact) mass is 437 g/mol. The van der Waals surface area contributed by atoms with Crippen LogP contribution in [0.4, 0.5) is 0 Å². The maximum atomic E-state index is 12.5. The van der Waals surface area contributed by atoms with E-state index in [-0.39, 0.29) is 18.6 Å². The van der Waals surface area contributed by atoms with Crippen LogP contribution in [-0.2, 0) is 24.0 Å². The summed E-state index contributed by atoms with van der Waals surface area (Å²) in [6, 6.07) is -4.47. The van der Waals surface area contributed by atoms with Crippen LogP contribution in [0.1, 0.15) is 19.8 Å². The molecule has 4 amide bonds. The molecule has 160 valence electrons. The normalized spacial score (nSPS) is 14.9. The first kappa shape index (κ1) is 26.0. The first-order chi connectivity index (χ1) is 13.0. The van der Waals surface area contributed by atoms with Crippen LogP contribution in [-0.4, -0.2) is 76.6 Å². The standard InChI is InChI=1S/C15H27N5O6S2/c1-7(15(25)26)18-14(24)10(6-27)20-13(23)9(3-4-28-2)19-12(22)8(16)5-11(17)21/h7-10,27H,3-6,16H2,1-2H3,(H2,17,21)(H,18,24)(H,19,22)(H,20,23)(H,25,26). The molecule has 0 bridgehead atoms. The number of carboxylic acids is 1. The maximum absolute atomic E-state index is 12.5. The Kier molecular flexibility index (Phi) is 12.3. The van der Waals surface area contributed by atoms with Gasteiger partial charge in [-0.1, -0.05) is 0 Å². The first-order valence-corrected chi connectivity index (χ1v) is 10.3. The van der Waals surface area contributed by atoms with Crippen molar-refractivity contribution in [2.75, 3.05) is 17.8 Å². The number of carboxylic acid groups (broad SMARTS) is 1. The van der Waals surface area contributed by atoms with E-state index in [9.17, 15) is 24.0 Å². The number of thiol groups is 1. The molecule has 0 aromatic heterocycles. The fourth-order valence-corrected chi connectivity index (χ4v) is 2.66. The van der Waals surface area contributed by atoms with Crippen LogP contribution in [0.3, 0.4) is 0 Å². The lowest BCUT2D eigenvalue weighted by Crippen LogP contribution is -2.57. The maximum Gasteiger partial charge on any atom is 0.325 e. The van der Waals surface area contributed by atoms with Gasteiger partial charge in [-0.05, 0) is 25.4 Å². The van der Waals surface area contributed by atoms with Gasteiger partial charge in [0.2, 0.25) is 23.6 Å². The lowest BCUT2D eigenvalue weighted by Gasteiger charge is -2.23. The predicted octanol–water partition coefficient (Wildman–Crippen LogP) is -2.57. The molecule has 0 aromatic rings. The summed E-state index contributed by atoms with van der Waals surface area (Å²) in [6.45, 7) is 1.28. The predicted molar refractivity (Wildman–Crippen MR) is 108 cm³/mol. The van der Waals surface area contributed by atoms with Crippen LogP contribution in [0.15, 0.2) is 0 Å². The van der Waals surface area contributed by atoms with Crippen LogP contribution in [0.5, 0.6) is 0 Å². The number of hydrogen-bond donors (Lipinski definition) is 7. The van der Waals surface area contributed by atoms with Crippen molar-refractivity contribution in [2.24, 2.45) is 11.5 Å². The van der Waals surface area contributed by atoms with Crippen molar-refractivity contribution in [2.45, 2.75) is 43.9 Å². The molecule has 0 aromatic carbocycles. The second-order valence-corrected chi connectivity index (χ2v) is 7.28. The third-order valence-corrected chi connectivity index (χ3v) is 4.56. The molecule has 0 spiro atoms. The molecule has 0 rings (SSSR count). The van der Waals surface area contributed by atoms with Crippen molar-refractivity contribution in [3.05, 3.63) is 0 Å². The molecule has 0 saturated carbocycles. The molecule has 0 saturated heterocycles. The minimum absolute atomic E-state index is 0.0890. The fourth-order valence-electron chi connectivity index (χ4n) is 1.93. The number of primary amides is 1. The summed E-state index contributed by atoms with van der Waals surface area (Å²) in [7, 11) is 0. The van der Waals surface area contributed by atoms with Crippen molar-refractivity contribution in [3.63, 3.8) is 0 Å². The van der Waals surface area contributed by atoms with Crippen molar-refractivity contribution in [1.29, 1.82) is 0 Å². The highest BCUT2D eigenvalue weighted by Gasteiger charge is 2.28. The molecule has 0 heterocycles. The van der Waals surface area contributed by atoms with E-state index in [4.69, 9.17) is 16.6 Å². The van der Waals surface area contributed by atoms with Gasteiger partial charge in [0.05, 0.1) is 12.5 Å². The smallest absolute Gasteiger partial charge is 0.325 e. The molecule has 0 radical (unpaired) electrons. The minimum atomic E-state index is -1.23. The highest BCUT2D eigenvalue weighted by atomic mass is 32.2. The van der Waals surface area contributed by atoms with Crippen LogP contribution in [0.2, 0.25) is 0 Å². The van der Waals surface area contributed by atoms with Crippen molar-refractivity contribution >= 4 is 54.0 Å². The molecule has 28 heavy (non-hydrogen) atoms. The van der Waals surface area contributed by atoms with Crippen LogP contribution in [0.25, 0.3) is 0 Å². The van der Waals surface area contributed by atoms with Crippen molar-refractivity contribution < 1.29 is 29.1 Å². The molecular formula is C15H27N5O6S2. The number of carbonyl (C=O) groups excluding carboxylic acids is 4. The fraction of sp³-hybridized carbons (Fsp3) is 0.667. The van der Waals surface area contributed by atoms with E-state index < -0.39 is 53.8 Å². The Hall–Kier alpha value is -1.99. The molecule has 0 aliphatic carbocycles. The van der Waals surface area contributed by atoms with Gasteiger partial charge >= 0.3 is 5.97 Å². The Morgan fingerprint density at radius 3 is 2.04 bits per heavy atom. The van der Waals surface area contributed by atoms with Crippen LogP contribution < -0.4 is 27.4 Å². The molecular weight excluding hydrogens is 410 g/mol. The van der Waals surface area contributed by atoms with Crippen LogP contribution >= 0.6 is 24.4 Å². The largest absolute Gasteiger partial charge is 0.480 e. The van der Waals surface area contributed by atoms with Gasteiger partial charge in [-0.3, -0.25) is 24.0 Å². The van der Waals surface area contributed by atoms with Gasteiger partial charge in [0.1, 0.15) is 18.1 Å². The molecule has 8 N–H and O–H groups in total. The zero-order valence-electron chi connectivity index (χ0n) is 15.6. The highest BCUT2D eigenvalue weighted by Crippen LogP contribution is 2.03. The highest BCUT2D eigenvalue weighted by molar-refractivity contribution is 7.98. The summed E-state index contributed by atoms with van der Waals surface area (Å²) in [5, 5.41) is 15.9. The average molecular weight is 438 g/mol. The van der Waals surface area contributed by atoms with Crippen molar-refractivity contribution in [3.8, 4) is 0 Å².